The SMILES string of the molecule is O=C(Nc1ccc(F)c(NC(=O)C(F)(F)F)c1)c1cc(NC(=O)[C@H]2CC2(Cl)Cl)ccc1Cl. The van der Waals surface area contributed by atoms with Crippen LogP contribution < -0.4 is 16.0 Å². The topological polar surface area (TPSA) is 87.3 Å². The molecule has 1 aliphatic rings. The third kappa shape index (κ3) is 5.62. The van der Waals surface area contributed by atoms with E-state index in [0.717, 1.165) is 18.2 Å². The lowest BCUT2D eigenvalue weighted by Gasteiger charge is -2.12. The van der Waals surface area contributed by atoms with Gasteiger partial charge in [-0.3, -0.25) is 14.4 Å². The third-order valence-electron chi connectivity index (χ3n) is 4.35. The molecule has 0 saturated heterocycles. The lowest BCUT2D eigenvalue weighted by atomic mass is 10.1. The number of hydrogen-bond acceptors (Lipinski definition) is 3. The highest BCUT2D eigenvalue weighted by atomic mass is 35.5. The molecular formula is C19H12Cl3F4N3O3. The lowest BCUT2D eigenvalue weighted by Crippen LogP contribution is -2.30. The molecule has 13 heteroatoms. The summed E-state index contributed by atoms with van der Waals surface area (Å²) in [6, 6.07) is 6.69. The van der Waals surface area contributed by atoms with Crippen LogP contribution in [0.5, 0.6) is 0 Å². The van der Waals surface area contributed by atoms with E-state index in [1.807, 2.05) is 0 Å². The Morgan fingerprint density at radius 2 is 1.56 bits per heavy atom. The quantitative estimate of drug-likeness (QED) is 0.372. The molecule has 0 spiro atoms. The molecule has 3 rings (SSSR count). The number of carbonyl (C=O) groups is 3. The fourth-order valence-electron chi connectivity index (χ4n) is 2.59. The minimum atomic E-state index is -5.23. The standard InChI is InChI=1S/C19H12Cl3F4N3O3/c20-12-3-1-8(28-16(31)11-7-18(11,21)22)5-10(12)15(30)27-9-2-4-13(23)14(6-9)29-17(32)19(24,25)26/h1-6,11H,7H2,(H,27,30)(H,28,31)(H,29,32)/t11-/m1/s1. The largest absolute Gasteiger partial charge is 0.471 e. The van der Waals surface area contributed by atoms with Crippen LogP contribution in [0.3, 0.4) is 0 Å². The van der Waals surface area contributed by atoms with Crippen molar-refractivity contribution in [2.24, 2.45) is 5.92 Å². The Kier molecular flexibility index (Phi) is 6.60. The van der Waals surface area contributed by atoms with Gasteiger partial charge in [-0.05, 0) is 42.8 Å². The molecule has 170 valence electrons. The highest BCUT2D eigenvalue weighted by molar-refractivity contribution is 6.52. The van der Waals surface area contributed by atoms with Gasteiger partial charge in [0.15, 0.2) is 0 Å². The lowest BCUT2D eigenvalue weighted by molar-refractivity contribution is -0.167. The normalized spacial score (nSPS) is 16.8. The van der Waals surface area contributed by atoms with Crippen LogP contribution >= 0.6 is 34.8 Å². The second kappa shape index (κ2) is 8.76. The number of benzene rings is 2. The van der Waals surface area contributed by atoms with Crippen molar-refractivity contribution in [3.63, 3.8) is 0 Å². The van der Waals surface area contributed by atoms with Crippen LogP contribution in [-0.4, -0.2) is 28.2 Å². The van der Waals surface area contributed by atoms with Crippen molar-refractivity contribution in [1.82, 2.24) is 0 Å². The number of hydrogen-bond donors (Lipinski definition) is 3. The van der Waals surface area contributed by atoms with E-state index in [4.69, 9.17) is 34.8 Å². The minimum Gasteiger partial charge on any atom is -0.326 e. The number of amides is 3. The third-order valence-corrected chi connectivity index (χ3v) is 5.52. The number of carbonyl (C=O) groups excluding carboxylic acids is 3. The summed E-state index contributed by atoms with van der Waals surface area (Å²) in [7, 11) is 0. The van der Waals surface area contributed by atoms with Gasteiger partial charge in [0, 0.05) is 11.4 Å². The van der Waals surface area contributed by atoms with Gasteiger partial charge in [-0.1, -0.05) is 11.6 Å². The summed E-state index contributed by atoms with van der Waals surface area (Å²) in [6.07, 6.45) is -4.95. The van der Waals surface area contributed by atoms with Gasteiger partial charge in [0.25, 0.3) is 5.91 Å². The molecule has 0 bridgehead atoms. The highest BCUT2D eigenvalue weighted by Gasteiger charge is 2.56. The van der Waals surface area contributed by atoms with E-state index >= 15 is 0 Å². The summed E-state index contributed by atoms with van der Waals surface area (Å²) in [6.45, 7) is 0. The number of nitrogens with one attached hydrogen (secondary N) is 3. The Hall–Kier alpha value is -2.56. The Balaban J connectivity index is 1.75. The van der Waals surface area contributed by atoms with E-state index in [1.54, 1.807) is 0 Å². The molecule has 1 atom stereocenters. The summed E-state index contributed by atoms with van der Waals surface area (Å²) in [5.41, 5.74) is -0.773. The summed E-state index contributed by atoms with van der Waals surface area (Å²) in [4.78, 5) is 35.7. The molecule has 0 radical (unpaired) electrons. The van der Waals surface area contributed by atoms with E-state index in [0.29, 0.717) is 0 Å². The average Bonchev–Trinajstić information content (AvgIpc) is 3.33. The van der Waals surface area contributed by atoms with Crippen molar-refractivity contribution >= 4 is 69.6 Å². The van der Waals surface area contributed by atoms with E-state index in [2.05, 4.69) is 10.6 Å². The van der Waals surface area contributed by atoms with E-state index in [-0.39, 0.29) is 28.4 Å². The average molecular weight is 513 g/mol. The second-order valence-corrected chi connectivity index (χ2v) is 8.75. The first-order valence-corrected chi connectivity index (χ1v) is 9.88. The number of halogens is 7. The smallest absolute Gasteiger partial charge is 0.326 e. The summed E-state index contributed by atoms with van der Waals surface area (Å²) >= 11 is 17.7. The summed E-state index contributed by atoms with van der Waals surface area (Å²) in [5.74, 6) is -5.38. The first-order valence-electron chi connectivity index (χ1n) is 8.75. The summed E-state index contributed by atoms with van der Waals surface area (Å²) < 4.78 is 49.8. The molecule has 3 amide bonds. The predicted octanol–water partition coefficient (Wildman–Crippen LogP) is 5.36. The van der Waals surface area contributed by atoms with Crippen LogP contribution in [0.1, 0.15) is 16.8 Å². The fraction of sp³-hybridized carbons (Fsp3) is 0.211. The van der Waals surface area contributed by atoms with E-state index in [9.17, 15) is 31.9 Å². The number of anilines is 3. The molecule has 0 heterocycles. The number of rotatable bonds is 5. The zero-order valence-corrected chi connectivity index (χ0v) is 17.9. The molecular weight excluding hydrogens is 501 g/mol. The van der Waals surface area contributed by atoms with Crippen molar-refractivity contribution in [3.05, 3.63) is 52.8 Å². The molecule has 0 aromatic heterocycles. The van der Waals surface area contributed by atoms with Gasteiger partial charge < -0.3 is 16.0 Å². The molecule has 1 aliphatic carbocycles. The molecule has 1 saturated carbocycles. The van der Waals surface area contributed by atoms with Gasteiger partial charge in [-0.15, -0.1) is 23.2 Å². The maximum atomic E-state index is 13.8. The molecule has 6 nitrogen and oxygen atoms in total. The second-order valence-electron chi connectivity index (χ2n) is 6.80. The van der Waals surface area contributed by atoms with Gasteiger partial charge in [-0.25, -0.2) is 4.39 Å². The Labute approximate surface area is 193 Å². The first kappa shape index (κ1) is 24.1. The maximum absolute atomic E-state index is 13.8. The highest BCUT2D eigenvalue weighted by Crippen LogP contribution is 2.53. The summed E-state index contributed by atoms with van der Waals surface area (Å²) in [5, 5.41) is 6.26. The Morgan fingerprint density at radius 3 is 2.16 bits per heavy atom. The van der Waals surface area contributed by atoms with Crippen LogP contribution in [0.4, 0.5) is 34.6 Å². The molecule has 0 aliphatic heterocycles. The molecule has 2 aromatic carbocycles. The molecule has 1 fully saturated rings. The van der Waals surface area contributed by atoms with Crippen molar-refractivity contribution in [2.45, 2.75) is 16.9 Å². The van der Waals surface area contributed by atoms with Crippen molar-refractivity contribution < 1.29 is 31.9 Å². The van der Waals surface area contributed by atoms with Crippen LogP contribution in [0.25, 0.3) is 0 Å². The minimum absolute atomic E-state index is 0.00339. The van der Waals surface area contributed by atoms with Crippen molar-refractivity contribution in [1.29, 1.82) is 0 Å². The zero-order valence-electron chi connectivity index (χ0n) is 15.6. The Morgan fingerprint density at radius 1 is 0.969 bits per heavy atom. The van der Waals surface area contributed by atoms with Crippen molar-refractivity contribution in [3.8, 4) is 0 Å². The van der Waals surface area contributed by atoms with Gasteiger partial charge in [0.2, 0.25) is 5.91 Å². The monoisotopic (exact) mass is 511 g/mol. The molecule has 32 heavy (non-hydrogen) atoms. The molecule has 2 aromatic rings. The predicted molar refractivity (Wildman–Crippen MR) is 112 cm³/mol. The van der Waals surface area contributed by atoms with Gasteiger partial charge in [0.1, 0.15) is 10.2 Å². The van der Waals surface area contributed by atoms with Crippen LogP contribution in [0, 0.1) is 11.7 Å². The van der Waals surface area contributed by atoms with Gasteiger partial charge in [-0.2, -0.15) is 13.2 Å². The number of alkyl halides is 5. The van der Waals surface area contributed by atoms with Gasteiger partial charge >= 0.3 is 12.1 Å². The van der Waals surface area contributed by atoms with E-state index in [1.165, 1.54) is 23.5 Å². The maximum Gasteiger partial charge on any atom is 0.471 e. The first-order chi connectivity index (χ1) is 14.8. The van der Waals surface area contributed by atoms with Crippen LogP contribution in [0.2, 0.25) is 5.02 Å². The fourth-order valence-corrected chi connectivity index (χ4v) is 3.30. The van der Waals surface area contributed by atoms with Gasteiger partial charge in [0.05, 0.1) is 22.2 Å². The molecule has 0 unspecified atom stereocenters. The van der Waals surface area contributed by atoms with Crippen LogP contribution in [-0.2, 0) is 9.59 Å². The Bertz CT molecular complexity index is 1110. The molecule has 3 N–H and O–H groups in total. The van der Waals surface area contributed by atoms with E-state index < -0.39 is 45.7 Å². The zero-order chi connectivity index (χ0) is 23.8. The van der Waals surface area contributed by atoms with Crippen molar-refractivity contribution in [2.75, 3.05) is 16.0 Å². The van der Waals surface area contributed by atoms with Crippen LogP contribution in [0.15, 0.2) is 36.4 Å².